The maximum Gasteiger partial charge on any atom is 0.235 e. The molecule has 2 aromatic carbocycles. The van der Waals surface area contributed by atoms with Crippen molar-refractivity contribution >= 4 is 23.5 Å². The molecule has 2 heterocycles. The number of nitrogens with zero attached hydrogens (tertiary/aromatic N) is 5. The quantitative estimate of drug-likeness (QED) is 0.355. The molecule has 1 amide bonds. The van der Waals surface area contributed by atoms with Gasteiger partial charge in [-0.1, -0.05) is 56.8 Å². The van der Waals surface area contributed by atoms with E-state index >= 15 is 0 Å². The number of benzene rings is 2. The highest BCUT2D eigenvalue weighted by Gasteiger charge is 2.16. The van der Waals surface area contributed by atoms with Crippen molar-refractivity contribution in [2.45, 2.75) is 44.8 Å². The fourth-order valence-electron chi connectivity index (χ4n) is 3.62. The molecule has 0 radical (unpaired) electrons. The molecule has 4 rings (SSSR count). The molecule has 0 aliphatic carbocycles. The van der Waals surface area contributed by atoms with E-state index in [9.17, 15) is 4.79 Å². The molecule has 0 aliphatic heterocycles. The maximum atomic E-state index is 12.7. The summed E-state index contributed by atoms with van der Waals surface area (Å²) in [6.45, 7) is 9.05. The summed E-state index contributed by atoms with van der Waals surface area (Å²) in [5.74, 6) is 2.23. The number of hydrogen-bond acceptors (Lipinski definition) is 6. The number of anilines is 1. The van der Waals surface area contributed by atoms with Crippen LogP contribution in [0.25, 0.3) is 5.69 Å². The van der Waals surface area contributed by atoms with Gasteiger partial charge in [-0.25, -0.2) is 4.68 Å². The molecule has 0 saturated heterocycles. The smallest absolute Gasteiger partial charge is 0.235 e. The average Bonchev–Trinajstić information content (AvgIpc) is 3.43. The Kier molecular flexibility index (Phi) is 7.25. The van der Waals surface area contributed by atoms with Crippen LogP contribution in [0.4, 0.5) is 5.82 Å². The van der Waals surface area contributed by atoms with E-state index < -0.39 is 0 Å². The van der Waals surface area contributed by atoms with Crippen LogP contribution in [0.5, 0.6) is 5.75 Å². The zero-order chi connectivity index (χ0) is 25.0. The largest absolute Gasteiger partial charge is 0.497 e. The second-order valence-electron chi connectivity index (χ2n) is 9.22. The number of nitrogens with one attached hydrogen (secondary N) is 1. The van der Waals surface area contributed by atoms with Gasteiger partial charge >= 0.3 is 0 Å². The first-order valence-corrected chi connectivity index (χ1v) is 12.3. The minimum Gasteiger partial charge on any atom is -0.497 e. The van der Waals surface area contributed by atoms with Gasteiger partial charge in [0.2, 0.25) is 5.91 Å². The number of carbonyl (C=O) groups excluding carboxylic acids is 1. The number of thioether (sulfide) groups is 1. The monoisotopic (exact) mass is 490 g/mol. The minimum absolute atomic E-state index is 0.108. The number of amides is 1. The van der Waals surface area contributed by atoms with Crippen LogP contribution < -0.4 is 10.1 Å². The third-order valence-electron chi connectivity index (χ3n) is 5.59. The van der Waals surface area contributed by atoms with Gasteiger partial charge in [-0.15, -0.1) is 10.2 Å². The summed E-state index contributed by atoms with van der Waals surface area (Å²) in [5.41, 5.74) is 3.42. The van der Waals surface area contributed by atoms with E-state index in [-0.39, 0.29) is 17.1 Å². The van der Waals surface area contributed by atoms with Crippen molar-refractivity contribution in [2.24, 2.45) is 0 Å². The third-order valence-corrected chi connectivity index (χ3v) is 6.52. The molecule has 0 saturated carbocycles. The fourth-order valence-corrected chi connectivity index (χ4v) is 4.42. The Labute approximate surface area is 209 Å². The van der Waals surface area contributed by atoms with E-state index in [1.807, 2.05) is 35.8 Å². The highest BCUT2D eigenvalue weighted by molar-refractivity contribution is 7.99. The zero-order valence-electron chi connectivity index (χ0n) is 20.6. The SMILES string of the molecule is COc1ccc(-n2c(C)nnc2SCC(=O)Nc2ccnn2Cc2ccc(C(C)(C)C)cc2)cc1. The van der Waals surface area contributed by atoms with Crippen LogP contribution >= 0.6 is 11.8 Å². The van der Waals surface area contributed by atoms with Gasteiger partial charge in [-0.3, -0.25) is 9.36 Å². The number of carbonyl (C=O) groups is 1. The first kappa shape index (κ1) is 24.5. The molecule has 0 fully saturated rings. The van der Waals surface area contributed by atoms with Crippen LogP contribution in [0.2, 0.25) is 0 Å². The van der Waals surface area contributed by atoms with Gasteiger partial charge in [-0.2, -0.15) is 5.10 Å². The molecular formula is C26H30N6O2S. The summed E-state index contributed by atoms with van der Waals surface area (Å²) in [6, 6.07) is 18.0. The lowest BCUT2D eigenvalue weighted by Crippen LogP contribution is -2.18. The standard InChI is InChI=1S/C26H30N6O2S/c1-18-29-30-25(32(18)21-10-12-22(34-5)13-11-21)35-17-24(33)28-23-14-15-27-31(23)16-19-6-8-20(9-7-19)26(2,3)4/h6-15H,16-17H2,1-5H3,(H,28,33). The molecule has 2 aromatic heterocycles. The lowest BCUT2D eigenvalue weighted by atomic mass is 9.87. The second-order valence-corrected chi connectivity index (χ2v) is 10.2. The Morgan fingerprint density at radius 1 is 1.03 bits per heavy atom. The van der Waals surface area contributed by atoms with Gasteiger partial charge in [0.25, 0.3) is 0 Å². The molecule has 9 heteroatoms. The fraction of sp³-hybridized carbons (Fsp3) is 0.308. The van der Waals surface area contributed by atoms with E-state index in [2.05, 4.69) is 65.6 Å². The van der Waals surface area contributed by atoms with Crippen LogP contribution in [0.3, 0.4) is 0 Å². The molecule has 35 heavy (non-hydrogen) atoms. The topological polar surface area (TPSA) is 86.9 Å². The van der Waals surface area contributed by atoms with Crippen molar-refractivity contribution < 1.29 is 9.53 Å². The van der Waals surface area contributed by atoms with Crippen molar-refractivity contribution in [3.05, 3.63) is 77.7 Å². The molecular weight excluding hydrogens is 460 g/mol. The number of aryl methyl sites for hydroxylation is 1. The molecule has 8 nitrogen and oxygen atoms in total. The number of aromatic nitrogens is 5. The van der Waals surface area contributed by atoms with E-state index in [1.54, 1.807) is 24.1 Å². The highest BCUT2D eigenvalue weighted by atomic mass is 32.2. The molecule has 4 aromatic rings. The predicted molar refractivity (Wildman–Crippen MR) is 138 cm³/mol. The van der Waals surface area contributed by atoms with Crippen molar-refractivity contribution in [3.63, 3.8) is 0 Å². The first-order chi connectivity index (χ1) is 16.7. The van der Waals surface area contributed by atoms with Gasteiger partial charge in [0.15, 0.2) is 5.16 Å². The molecule has 1 N–H and O–H groups in total. The van der Waals surface area contributed by atoms with Gasteiger partial charge in [-0.05, 0) is 47.7 Å². The Hall–Kier alpha value is -3.59. The summed E-state index contributed by atoms with van der Waals surface area (Å²) in [5, 5.41) is 16.4. The third kappa shape index (κ3) is 5.92. The molecule has 0 aliphatic rings. The summed E-state index contributed by atoms with van der Waals surface area (Å²) in [4.78, 5) is 12.7. The first-order valence-electron chi connectivity index (χ1n) is 11.3. The van der Waals surface area contributed by atoms with Crippen LogP contribution in [-0.2, 0) is 16.8 Å². The van der Waals surface area contributed by atoms with E-state index in [4.69, 9.17) is 4.74 Å². The van der Waals surface area contributed by atoms with Gasteiger partial charge in [0.1, 0.15) is 17.4 Å². The molecule has 0 bridgehead atoms. The van der Waals surface area contributed by atoms with Crippen molar-refractivity contribution in [1.29, 1.82) is 0 Å². The Morgan fingerprint density at radius 2 is 1.74 bits per heavy atom. The van der Waals surface area contributed by atoms with Crippen LogP contribution in [-0.4, -0.2) is 43.3 Å². The average molecular weight is 491 g/mol. The second kappa shape index (κ2) is 10.4. The summed E-state index contributed by atoms with van der Waals surface area (Å²) in [6.07, 6.45) is 1.69. The van der Waals surface area contributed by atoms with Crippen LogP contribution in [0, 0.1) is 6.92 Å². The number of ether oxygens (including phenoxy) is 1. The zero-order valence-corrected chi connectivity index (χ0v) is 21.5. The van der Waals surface area contributed by atoms with Gasteiger partial charge in [0.05, 0.1) is 25.6 Å². The summed E-state index contributed by atoms with van der Waals surface area (Å²) < 4.78 is 8.95. The molecule has 0 unspecified atom stereocenters. The van der Waals surface area contributed by atoms with E-state index in [0.29, 0.717) is 17.5 Å². The van der Waals surface area contributed by atoms with Crippen molar-refractivity contribution in [2.75, 3.05) is 18.2 Å². The predicted octanol–water partition coefficient (Wildman–Crippen LogP) is 4.86. The number of methoxy groups -OCH3 is 1. The lowest BCUT2D eigenvalue weighted by Gasteiger charge is -2.19. The van der Waals surface area contributed by atoms with E-state index in [1.165, 1.54) is 17.3 Å². The normalized spacial score (nSPS) is 11.5. The summed E-state index contributed by atoms with van der Waals surface area (Å²) >= 11 is 1.33. The lowest BCUT2D eigenvalue weighted by molar-refractivity contribution is -0.113. The number of hydrogen-bond donors (Lipinski definition) is 1. The maximum absolute atomic E-state index is 12.7. The van der Waals surface area contributed by atoms with Crippen molar-refractivity contribution in [1.82, 2.24) is 24.5 Å². The minimum atomic E-state index is -0.137. The van der Waals surface area contributed by atoms with Crippen molar-refractivity contribution in [3.8, 4) is 11.4 Å². The highest BCUT2D eigenvalue weighted by Crippen LogP contribution is 2.25. The van der Waals surface area contributed by atoms with Gasteiger partial charge in [0, 0.05) is 11.8 Å². The molecule has 0 spiro atoms. The van der Waals surface area contributed by atoms with Crippen LogP contribution in [0.15, 0.2) is 66.0 Å². The number of rotatable bonds is 8. The Balaban J connectivity index is 1.39. The Morgan fingerprint density at radius 3 is 2.40 bits per heavy atom. The molecule has 0 atom stereocenters. The molecule has 182 valence electrons. The van der Waals surface area contributed by atoms with Gasteiger partial charge < -0.3 is 10.1 Å². The van der Waals surface area contributed by atoms with Crippen LogP contribution in [0.1, 0.15) is 37.7 Å². The van der Waals surface area contributed by atoms with E-state index in [0.717, 1.165) is 22.8 Å². The Bertz CT molecular complexity index is 1290. The summed E-state index contributed by atoms with van der Waals surface area (Å²) in [7, 11) is 1.63.